The summed E-state index contributed by atoms with van der Waals surface area (Å²) in [5.74, 6) is -0.844. The van der Waals surface area contributed by atoms with Gasteiger partial charge in [0, 0.05) is 25.2 Å². The number of aromatic nitrogens is 1. The lowest BCUT2D eigenvalue weighted by Crippen LogP contribution is -2.27. The summed E-state index contributed by atoms with van der Waals surface area (Å²) in [6.07, 6.45) is -0.800. The number of carbonyl (C=O) groups is 1. The molecule has 0 saturated heterocycles. The molecule has 0 spiro atoms. The van der Waals surface area contributed by atoms with Crippen LogP contribution in [0.5, 0.6) is 0 Å². The number of halogens is 1. The monoisotopic (exact) mass is 242 g/mol. The number of nitrogens with zero attached hydrogens (tertiary/aromatic N) is 1. The zero-order valence-corrected chi connectivity index (χ0v) is 9.43. The zero-order valence-electron chi connectivity index (χ0n) is 9.43. The Labute approximate surface area is 98.3 Å². The Hall–Kier alpha value is -1.53. The highest BCUT2D eigenvalue weighted by atomic mass is 19.1. The van der Waals surface area contributed by atoms with E-state index in [2.05, 4.69) is 10.3 Å². The van der Waals surface area contributed by atoms with Gasteiger partial charge < -0.3 is 15.5 Å². The standard InChI is InChI=1S/C11H15FN2O3/c1-7(15)13-5-4-9(16)11(17)8-2-3-10(12)14-6-8/h2-3,6,9,11,16-17H,4-5H2,1H3,(H,13,15). The molecule has 0 bridgehead atoms. The zero-order chi connectivity index (χ0) is 12.8. The molecule has 0 radical (unpaired) electrons. The van der Waals surface area contributed by atoms with Crippen molar-refractivity contribution in [1.29, 1.82) is 0 Å². The fourth-order valence-corrected chi connectivity index (χ4v) is 1.34. The molecule has 1 rings (SSSR count). The Morgan fingerprint density at radius 1 is 1.53 bits per heavy atom. The van der Waals surface area contributed by atoms with E-state index in [0.29, 0.717) is 5.56 Å². The van der Waals surface area contributed by atoms with E-state index >= 15 is 0 Å². The maximum atomic E-state index is 12.5. The quantitative estimate of drug-likeness (QED) is 0.641. The van der Waals surface area contributed by atoms with Crippen LogP contribution < -0.4 is 5.32 Å². The molecule has 1 aromatic rings. The third-order valence-electron chi connectivity index (χ3n) is 2.27. The molecule has 1 aromatic heterocycles. The molecular formula is C11H15FN2O3. The minimum absolute atomic E-state index is 0.199. The second-order valence-corrected chi connectivity index (χ2v) is 3.70. The molecule has 5 nitrogen and oxygen atoms in total. The Balaban J connectivity index is 2.48. The van der Waals surface area contributed by atoms with Crippen LogP contribution in [0.25, 0.3) is 0 Å². The Kier molecular flexibility index (Phi) is 4.99. The first kappa shape index (κ1) is 13.5. The molecular weight excluding hydrogens is 227 g/mol. The second-order valence-electron chi connectivity index (χ2n) is 3.70. The van der Waals surface area contributed by atoms with E-state index in [9.17, 15) is 19.4 Å². The number of hydrogen-bond donors (Lipinski definition) is 3. The van der Waals surface area contributed by atoms with E-state index in [1.807, 2.05) is 0 Å². The topological polar surface area (TPSA) is 82.5 Å². The summed E-state index contributed by atoms with van der Waals surface area (Å²) in [5.41, 5.74) is 0.335. The van der Waals surface area contributed by atoms with Crippen molar-refractivity contribution in [2.45, 2.75) is 25.6 Å². The summed E-state index contributed by atoms with van der Waals surface area (Å²) in [6.45, 7) is 1.63. The fourth-order valence-electron chi connectivity index (χ4n) is 1.34. The number of rotatable bonds is 5. The van der Waals surface area contributed by atoms with Gasteiger partial charge in [0.2, 0.25) is 11.9 Å². The molecule has 0 aliphatic heterocycles. The average molecular weight is 242 g/mol. The number of hydrogen-bond acceptors (Lipinski definition) is 4. The summed E-state index contributed by atoms with van der Waals surface area (Å²) in [6, 6.07) is 2.47. The maximum absolute atomic E-state index is 12.5. The highest BCUT2D eigenvalue weighted by Gasteiger charge is 2.18. The number of amides is 1. The molecule has 0 aromatic carbocycles. The van der Waals surface area contributed by atoms with Gasteiger partial charge in [0.25, 0.3) is 0 Å². The van der Waals surface area contributed by atoms with Gasteiger partial charge in [0.05, 0.1) is 6.10 Å². The number of aliphatic hydroxyl groups excluding tert-OH is 2. The molecule has 2 unspecified atom stereocenters. The Morgan fingerprint density at radius 3 is 2.76 bits per heavy atom. The van der Waals surface area contributed by atoms with Crippen LogP contribution in [-0.4, -0.2) is 33.8 Å². The molecule has 0 saturated carbocycles. The molecule has 1 heterocycles. The third kappa shape index (κ3) is 4.46. The molecule has 1 amide bonds. The summed E-state index contributed by atoms with van der Waals surface area (Å²) in [5, 5.41) is 21.9. The number of nitrogens with one attached hydrogen (secondary N) is 1. The van der Waals surface area contributed by atoms with Gasteiger partial charge >= 0.3 is 0 Å². The molecule has 0 aliphatic rings. The van der Waals surface area contributed by atoms with Gasteiger partial charge in [0.15, 0.2) is 0 Å². The highest BCUT2D eigenvalue weighted by molar-refractivity contribution is 5.72. The van der Waals surface area contributed by atoms with Gasteiger partial charge in [0.1, 0.15) is 6.10 Å². The Bertz CT molecular complexity index is 369. The highest BCUT2D eigenvalue weighted by Crippen LogP contribution is 2.17. The minimum Gasteiger partial charge on any atom is -0.390 e. The van der Waals surface area contributed by atoms with E-state index in [1.165, 1.54) is 19.2 Å². The normalized spacial score (nSPS) is 14.1. The molecule has 0 aliphatic carbocycles. The van der Waals surface area contributed by atoms with Gasteiger partial charge in [-0.2, -0.15) is 4.39 Å². The van der Waals surface area contributed by atoms with E-state index in [0.717, 1.165) is 6.07 Å². The van der Waals surface area contributed by atoms with Crippen LogP contribution in [-0.2, 0) is 4.79 Å². The van der Waals surface area contributed by atoms with E-state index in [1.54, 1.807) is 0 Å². The summed E-state index contributed by atoms with van der Waals surface area (Å²) >= 11 is 0. The summed E-state index contributed by atoms with van der Waals surface area (Å²) in [7, 11) is 0. The Morgan fingerprint density at radius 2 is 2.24 bits per heavy atom. The lowest BCUT2D eigenvalue weighted by molar-refractivity contribution is -0.119. The van der Waals surface area contributed by atoms with E-state index in [4.69, 9.17) is 0 Å². The van der Waals surface area contributed by atoms with Crippen LogP contribution >= 0.6 is 0 Å². The van der Waals surface area contributed by atoms with E-state index < -0.39 is 18.2 Å². The SMILES string of the molecule is CC(=O)NCCC(O)C(O)c1ccc(F)nc1. The van der Waals surface area contributed by atoms with Crippen molar-refractivity contribution in [3.63, 3.8) is 0 Å². The average Bonchev–Trinajstić information content (AvgIpc) is 2.28. The van der Waals surface area contributed by atoms with Gasteiger partial charge in [-0.1, -0.05) is 6.07 Å². The predicted octanol–water partition coefficient (Wildman–Crippen LogP) is 0.141. The van der Waals surface area contributed by atoms with Gasteiger partial charge in [-0.25, -0.2) is 4.98 Å². The van der Waals surface area contributed by atoms with Crippen molar-refractivity contribution in [3.8, 4) is 0 Å². The maximum Gasteiger partial charge on any atom is 0.216 e. The molecule has 0 fully saturated rings. The third-order valence-corrected chi connectivity index (χ3v) is 2.27. The second kappa shape index (κ2) is 6.27. The van der Waals surface area contributed by atoms with Crippen molar-refractivity contribution in [2.24, 2.45) is 0 Å². The van der Waals surface area contributed by atoms with Gasteiger partial charge in [-0.15, -0.1) is 0 Å². The number of carbonyl (C=O) groups excluding carboxylic acids is 1. The fraction of sp³-hybridized carbons (Fsp3) is 0.455. The van der Waals surface area contributed by atoms with Gasteiger partial charge in [-0.05, 0) is 12.5 Å². The van der Waals surface area contributed by atoms with Crippen molar-refractivity contribution in [3.05, 3.63) is 29.8 Å². The van der Waals surface area contributed by atoms with Crippen LogP contribution in [0.1, 0.15) is 25.0 Å². The number of aliphatic hydroxyl groups is 2. The van der Waals surface area contributed by atoms with Crippen molar-refractivity contribution in [1.82, 2.24) is 10.3 Å². The van der Waals surface area contributed by atoms with Gasteiger partial charge in [-0.3, -0.25) is 4.79 Å². The molecule has 6 heteroatoms. The van der Waals surface area contributed by atoms with Crippen LogP contribution in [0.2, 0.25) is 0 Å². The molecule has 3 N–H and O–H groups in total. The summed E-state index contributed by atoms with van der Waals surface area (Å²) < 4.78 is 12.5. The predicted molar refractivity (Wildman–Crippen MR) is 58.5 cm³/mol. The minimum atomic E-state index is -1.14. The van der Waals surface area contributed by atoms with Crippen molar-refractivity contribution >= 4 is 5.91 Å². The van der Waals surface area contributed by atoms with Crippen LogP contribution in [0.3, 0.4) is 0 Å². The molecule has 94 valence electrons. The molecule has 17 heavy (non-hydrogen) atoms. The molecule has 2 atom stereocenters. The first-order chi connectivity index (χ1) is 8.00. The van der Waals surface area contributed by atoms with Crippen LogP contribution in [0, 0.1) is 5.95 Å². The largest absolute Gasteiger partial charge is 0.390 e. The van der Waals surface area contributed by atoms with Crippen molar-refractivity contribution in [2.75, 3.05) is 6.54 Å². The first-order valence-electron chi connectivity index (χ1n) is 5.22. The van der Waals surface area contributed by atoms with E-state index in [-0.39, 0.29) is 18.9 Å². The summed E-state index contributed by atoms with van der Waals surface area (Å²) in [4.78, 5) is 14.0. The smallest absolute Gasteiger partial charge is 0.216 e. The lowest BCUT2D eigenvalue weighted by atomic mass is 10.0. The van der Waals surface area contributed by atoms with Crippen LogP contribution in [0.4, 0.5) is 4.39 Å². The first-order valence-corrected chi connectivity index (χ1v) is 5.22. The van der Waals surface area contributed by atoms with Crippen LogP contribution in [0.15, 0.2) is 18.3 Å². The van der Waals surface area contributed by atoms with Crippen molar-refractivity contribution < 1.29 is 19.4 Å². The lowest BCUT2D eigenvalue weighted by Gasteiger charge is -2.17. The number of pyridine rings is 1.